The van der Waals surface area contributed by atoms with Gasteiger partial charge in [-0.2, -0.15) is 5.10 Å². The van der Waals surface area contributed by atoms with Crippen molar-refractivity contribution in [3.8, 4) is 0 Å². The Morgan fingerprint density at radius 1 is 1.40 bits per heavy atom. The maximum Gasteiger partial charge on any atom is 0.262 e. The molecule has 3 rings (SSSR count). The van der Waals surface area contributed by atoms with Crippen LogP contribution in [0.4, 0.5) is 0 Å². The number of carbonyl (C=O) groups is 1. The lowest BCUT2D eigenvalue weighted by Crippen LogP contribution is -2.30. The fourth-order valence-electron chi connectivity index (χ4n) is 2.33. The molecule has 25 heavy (non-hydrogen) atoms. The van der Waals surface area contributed by atoms with Crippen molar-refractivity contribution in [3.63, 3.8) is 0 Å². The fourth-order valence-corrected chi connectivity index (χ4v) is 3.50. The lowest BCUT2D eigenvalue weighted by molar-refractivity contribution is -0.121. The van der Waals surface area contributed by atoms with Crippen LogP contribution in [0.5, 0.6) is 0 Å². The van der Waals surface area contributed by atoms with E-state index in [4.69, 9.17) is 11.6 Å². The first kappa shape index (κ1) is 17.3. The second-order valence-electron chi connectivity index (χ2n) is 5.46. The summed E-state index contributed by atoms with van der Waals surface area (Å²) < 4.78 is 1.28. The summed E-state index contributed by atoms with van der Waals surface area (Å²) in [5.74, 6) is -0.420. The number of hydrogen-bond acceptors (Lipinski definition) is 5. The third-order valence-corrected chi connectivity index (χ3v) is 5.23. The maximum atomic E-state index is 12.5. The summed E-state index contributed by atoms with van der Waals surface area (Å²) >= 11 is 7.48. The molecule has 2 aromatic heterocycles. The summed E-state index contributed by atoms with van der Waals surface area (Å²) in [4.78, 5) is 30.6. The number of nitrogens with one attached hydrogen (secondary N) is 1. The second kappa shape index (κ2) is 7.16. The quantitative estimate of drug-likeness (QED) is 0.563. The number of aryl methyl sites for hydroxylation is 2. The Hall–Kier alpha value is -2.51. The van der Waals surface area contributed by atoms with Crippen LogP contribution in [0.15, 0.2) is 40.5 Å². The zero-order valence-corrected chi connectivity index (χ0v) is 15.2. The van der Waals surface area contributed by atoms with Crippen LogP contribution in [-0.4, -0.2) is 21.7 Å². The summed E-state index contributed by atoms with van der Waals surface area (Å²) in [5, 5.41) is 4.97. The van der Waals surface area contributed by atoms with Gasteiger partial charge in [-0.25, -0.2) is 10.4 Å². The van der Waals surface area contributed by atoms with Crippen LogP contribution in [0, 0.1) is 13.8 Å². The monoisotopic (exact) mass is 374 g/mol. The van der Waals surface area contributed by atoms with E-state index in [-0.39, 0.29) is 12.1 Å². The predicted molar refractivity (Wildman–Crippen MR) is 101 cm³/mol. The van der Waals surface area contributed by atoms with Crippen molar-refractivity contribution < 1.29 is 4.79 Å². The van der Waals surface area contributed by atoms with Crippen molar-refractivity contribution in [2.24, 2.45) is 5.10 Å². The summed E-state index contributed by atoms with van der Waals surface area (Å²) in [5.41, 5.74) is 3.76. The Morgan fingerprint density at radius 2 is 2.16 bits per heavy atom. The molecule has 0 aliphatic heterocycles. The molecule has 1 N–H and O–H groups in total. The highest BCUT2D eigenvalue weighted by Crippen LogP contribution is 2.25. The highest BCUT2D eigenvalue weighted by Gasteiger charge is 2.13. The molecule has 0 saturated heterocycles. The molecule has 3 aromatic rings. The highest BCUT2D eigenvalue weighted by molar-refractivity contribution is 7.18. The van der Waals surface area contributed by atoms with E-state index in [1.54, 1.807) is 12.1 Å². The molecule has 0 atom stereocenters. The Kier molecular flexibility index (Phi) is 4.96. The van der Waals surface area contributed by atoms with Crippen molar-refractivity contribution in [2.45, 2.75) is 20.4 Å². The number of halogens is 1. The average molecular weight is 375 g/mol. The van der Waals surface area contributed by atoms with E-state index in [9.17, 15) is 9.59 Å². The molecule has 0 bridgehead atoms. The minimum absolute atomic E-state index is 0.157. The molecule has 0 saturated carbocycles. The largest absolute Gasteiger partial charge is 0.289 e. The molecule has 8 heteroatoms. The number of aromatic nitrogens is 2. The van der Waals surface area contributed by atoms with Crippen molar-refractivity contribution in [2.75, 3.05) is 0 Å². The van der Waals surface area contributed by atoms with Gasteiger partial charge in [-0.05, 0) is 25.5 Å². The molecule has 0 fully saturated rings. The lowest BCUT2D eigenvalue weighted by atomic mass is 10.2. The third-order valence-electron chi connectivity index (χ3n) is 3.77. The predicted octanol–water partition coefficient (Wildman–Crippen LogP) is 2.88. The number of rotatable bonds is 4. The Bertz CT molecular complexity index is 1040. The highest BCUT2D eigenvalue weighted by atomic mass is 35.5. The van der Waals surface area contributed by atoms with E-state index in [1.165, 1.54) is 28.4 Å². The first-order valence-corrected chi connectivity index (χ1v) is 8.68. The van der Waals surface area contributed by atoms with Gasteiger partial charge in [0.2, 0.25) is 0 Å². The van der Waals surface area contributed by atoms with Crippen molar-refractivity contribution in [1.82, 2.24) is 15.0 Å². The first-order chi connectivity index (χ1) is 12.0. The van der Waals surface area contributed by atoms with E-state index in [2.05, 4.69) is 15.5 Å². The van der Waals surface area contributed by atoms with E-state index >= 15 is 0 Å². The van der Waals surface area contributed by atoms with Gasteiger partial charge < -0.3 is 0 Å². The Balaban J connectivity index is 1.74. The van der Waals surface area contributed by atoms with Gasteiger partial charge in [0.15, 0.2) is 0 Å². The topological polar surface area (TPSA) is 76.3 Å². The summed E-state index contributed by atoms with van der Waals surface area (Å²) in [6.07, 6.45) is 2.84. The van der Waals surface area contributed by atoms with Crippen LogP contribution < -0.4 is 11.0 Å². The molecule has 6 nitrogen and oxygen atoms in total. The van der Waals surface area contributed by atoms with Crippen LogP contribution >= 0.6 is 22.9 Å². The van der Waals surface area contributed by atoms with Crippen molar-refractivity contribution >= 4 is 45.3 Å². The van der Waals surface area contributed by atoms with E-state index in [0.29, 0.717) is 20.8 Å². The van der Waals surface area contributed by atoms with E-state index in [1.807, 2.05) is 26.0 Å². The summed E-state index contributed by atoms with van der Waals surface area (Å²) in [7, 11) is 0. The van der Waals surface area contributed by atoms with E-state index < -0.39 is 5.91 Å². The standard InChI is InChI=1S/C17H15ClN4O2S/c1-10-11(2)25-16-15(10)17(24)22(9-19-16)8-14(23)21-20-7-12-5-3-4-6-13(12)18/h3-7,9H,8H2,1-2H3,(H,21,23)/b20-7-. The van der Waals surface area contributed by atoms with Gasteiger partial charge in [-0.1, -0.05) is 29.8 Å². The molecule has 1 amide bonds. The maximum absolute atomic E-state index is 12.5. The second-order valence-corrected chi connectivity index (χ2v) is 7.07. The van der Waals surface area contributed by atoms with E-state index in [0.717, 1.165) is 10.4 Å². The van der Waals surface area contributed by atoms with Crippen LogP contribution in [0.25, 0.3) is 10.2 Å². The third kappa shape index (κ3) is 3.62. The number of fused-ring (bicyclic) bond motifs is 1. The molecule has 2 heterocycles. The summed E-state index contributed by atoms with van der Waals surface area (Å²) in [6.45, 7) is 3.67. The number of thiophene rings is 1. The van der Waals surface area contributed by atoms with Gasteiger partial charge >= 0.3 is 0 Å². The zero-order valence-electron chi connectivity index (χ0n) is 13.6. The van der Waals surface area contributed by atoms with Gasteiger partial charge in [0.05, 0.1) is 17.9 Å². The normalized spacial score (nSPS) is 11.3. The molecule has 0 radical (unpaired) electrons. The molecule has 0 spiro atoms. The number of hydrogen-bond donors (Lipinski definition) is 1. The minimum atomic E-state index is -0.420. The SMILES string of the molecule is Cc1sc2ncn(CC(=O)N/N=C\c3ccccc3Cl)c(=O)c2c1C. The Labute approximate surface area is 152 Å². The lowest BCUT2D eigenvalue weighted by Gasteiger charge is -2.04. The number of benzene rings is 1. The molecular formula is C17H15ClN4O2S. The Morgan fingerprint density at radius 3 is 2.92 bits per heavy atom. The van der Waals surface area contributed by atoms with Crippen LogP contribution in [-0.2, 0) is 11.3 Å². The van der Waals surface area contributed by atoms with Gasteiger partial charge in [-0.3, -0.25) is 14.2 Å². The number of nitrogens with zero attached hydrogens (tertiary/aromatic N) is 3. The number of carbonyl (C=O) groups excluding carboxylic acids is 1. The molecule has 128 valence electrons. The van der Waals surface area contributed by atoms with Crippen LogP contribution in [0.1, 0.15) is 16.0 Å². The van der Waals surface area contributed by atoms with Gasteiger partial charge in [0.25, 0.3) is 11.5 Å². The van der Waals surface area contributed by atoms with Gasteiger partial charge in [0.1, 0.15) is 11.4 Å². The molecule has 0 unspecified atom stereocenters. The summed E-state index contributed by atoms with van der Waals surface area (Å²) in [6, 6.07) is 7.14. The van der Waals surface area contributed by atoms with Crippen LogP contribution in [0.2, 0.25) is 5.02 Å². The van der Waals surface area contributed by atoms with Gasteiger partial charge in [0, 0.05) is 15.5 Å². The van der Waals surface area contributed by atoms with Crippen LogP contribution in [0.3, 0.4) is 0 Å². The zero-order chi connectivity index (χ0) is 18.0. The average Bonchev–Trinajstić information content (AvgIpc) is 2.87. The smallest absolute Gasteiger partial charge is 0.262 e. The first-order valence-electron chi connectivity index (χ1n) is 7.49. The molecule has 0 aliphatic carbocycles. The van der Waals surface area contributed by atoms with Crippen molar-refractivity contribution in [3.05, 3.63) is 62.0 Å². The molecule has 0 aliphatic rings. The molecular weight excluding hydrogens is 360 g/mol. The fraction of sp³-hybridized carbons (Fsp3) is 0.176. The molecule has 1 aromatic carbocycles. The van der Waals surface area contributed by atoms with Crippen molar-refractivity contribution in [1.29, 1.82) is 0 Å². The number of amides is 1. The number of hydrazone groups is 1. The van der Waals surface area contributed by atoms with Gasteiger partial charge in [-0.15, -0.1) is 11.3 Å². The minimum Gasteiger partial charge on any atom is -0.289 e.